The number of hydrogen-bond donors (Lipinski definition) is 0. The van der Waals surface area contributed by atoms with Crippen molar-refractivity contribution < 1.29 is 4.55 Å². The summed E-state index contributed by atoms with van der Waals surface area (Å²) in [6.07, 6.45) is 7.60. The summed E-state index contributed by atoms with van der Waals surface area (Å²) in [6, 6.07) is 4.49. The molecule has 3 aromatic rings. The molecule has 96 valence electrons. The Balaban J connectivity index is 2.09. The van der Waals surface area contributed by atoms with Crippen molar-refractivity contribution in [3.8, 4) is 0 Å². The maximum absolute atomic E-state index is 11.6. The van der Waals surface area contributed by atoms with E-state index in [1.54, 1.807) is 12.5 Å². The molecule has 19 heavy (non-hydrogen) atoms. The molecule has 0 N–H and O–H groups in total. The Kier molecular flexibility index (Phi) is 2.31. The molecular weight excluding hydrogens is 260 g/mol. The molecule has 1 aliphatic rings. The molecule has 0 aliphatic heterocycles. The Morgan fingerprint density at radius 1 is 1.32 bits per heavy atom. The largest absolute Gasteiger partial charge is 0.609 e. The minimum absolute atomic E-state index is 0.378. The van der Waals surface area contributed by atoms with Gasteiger partial charge in [0.1, 0.15) is 11.8 Å². The van der Waals surface area contributed by atoms with E-state index < -0.39 is 11.2 Å². The predicted molar refractivity (Wildman–Crippen MR) is 73.4 cm³/mol. The van der Waals surface area contributed by atoms with Crippen molar-refractivity contribution in [3.05, 3.63) is 24.7 Å². The Bertz CT molecular complexity index is 779. The summed E-state index contributed by atoms with van der Waals surface area (Å²) in [5, 5.41) is 1.34. The van der Waals surface area contributed by atoms with Gasteiger partial charge in [-0.2, -0.15) is 9.97 Å². The number of nitrogens with zero attached hydrogens (tertiary/aromatic N) is 4. The van der Waals surface area contributed by atoms with Gasteiger partial charge in [-0.15, -0.1) is 0 Å². The fourth-order valence-corrected chi connectivity index (χ4v) is 2.79. The Morgan fingerprint density at radius 2 is 2.16 bits per heavy atom. The molecule has 6 heteroatoms. The van der Waals surface area contributed by atoms with Crippen LogP contribution in [0.15, 0.2) is 29.8 Å². The third kappa shape index (κ3) is 1.71. The van der Waals surface area contributed by atoms with Gasteiger partial charge in [-0.1, -0.05) is 0 Å². The van der Waals surface area contributed by atoms with E-state index in [1.807, 2.05) is 18.5 Å². The average Bonchev–Trinajstić information content (AvgIpc) is 3.17. The minimum atomic E-state index is -1.17. The maximum Gasteiger partial charge on any atom is 0.343 e. The molecule has 0 radical (unpaired) electrons. The van der Waals surface area contributed by atoms with Gasteiger partial charge in [-0.3, -0.25) is 0 Å². The van der Waals surface area contributed by atoms with Crippen LogP contribution < -0.4 is 0 Å². The normalized spacial score (nSPS) is 17.2. The highest BCUT2D eigenvalue weighted by Gasteiger charge is 2.26. The summed E-state index contributed by atoms with van der Waals surface area (Å²) in [7, 11) is 0. The zero-order valence-electron chi connectivity index (χ0n) is 10.4. The Labute approximate surface area is 112 Å². The molecule has 1 aliphatic carbocycles. The van der Waals surface area contributed by atoms with Crippen LogP contribution in [0.3, 0.4) is 0 Å². The van der Waals surface area contributed by atoms with Crippen molar-refractivity contribution in [2.45, 2.75) is 24.0 Å². The number of benzene rings is 1. The predicted octanol–water partition coefficient (Wildman–Crippen LogP) is 2.05. The highest BCUT2D eigenvalue weighted by Crippen LogP contribution is 2.38. The van der Waals surface area contributed by atoms with Crippen LogP contribution in [0.1, 0.15) is 18.9 Å². The average molecular weight is 272 g/mol. The van der Waals surface area contributed by atoms with Gasteiger partial charge in [-0.05, 0) is 25.0 Å². The van der Waals surface area contributed by atoms with Crippen molar-refractivity contribution in [3.63, 3.8) is 0 Å². The highest BCUT2D eigenvalue weighted by molar-refractivity contribution is 7.90. The van der Waals surface area contributed by atoms with Crippen LogP contribution in [-0.4, -0.2) is 30.3 Å². The number of aromatic nitrogens is 4. The van der Waals surface area contributed by atoms with Crippen LogP contribution in [0.4, 0.5) is 0 Å². The third-order valence-electron chi connectivity index (χ3n) is 3.46. The Morgan fingerprint density at radius 3 is 2.89 bits per heavy atom. The van der Waals surface area contributed by atoms with E-state index in [1.165, 1.54) is 12.8 Å². The number of fused-ring (bicyclic) bond motifs is 3. The van der Waals surface area contributed by atoms with Crippen LogP contribution in [-0.2, 0) is 11.2 Å². The second-order valence-corrected chi connectivity index (χ2v) is 6.13. The van der Waals surface area contributed by atoms with Gasteiger partial charge in [0.15, 0.2) is 0 Å². The first-order valence-electron chi connectivity index (χ1n) is 6.20. The van der Waals surface area contributed by atoms with E-state index >= 15 is 0 Å². The Hall–Kier alpha value is -1.66. The second-order valence-electron chi connectivity index (χ2n) is 4.86. The topological polar surface area (TPSA) is 66.7 Å². The zero-order valence-corrected chi connectivity index (χ0v) is 11.2. The molecule has 0 spiro atoms. The summed E-state index contributed by atoms with van der Waals surface area (Å²) < 4.78 is 13.7. The summed E-state index contributed by atoms with van der Waals surface area (Å²) in [4.78, 5) is 13.1. The van der Waals surface area contributed by atoms with Crippen LogP contribution >= 0.6 is 0 Å². The van der Waals surface area contributed by atoms with Crippen LogP contribution in [0.5, 0.6) is 0 Å². The summed E-state index contributed by atoms with van der Waals surface area (Å²) in [5.74, 6) is 0. The third-order valence-corrected chi connectivity index (χ3v) is 4.17. The van der Waals surface area contributed by atoms with Crippen molar-refractivity contribution in [1.82, 2.24) is 19.5 Å². The highest BCUT2D eigenvalue weighted by atomic mass is 32.2. The molecular formula is C13H12N4OS. The molecule has 1 saturated carbocycles. The van der Waals surface area contributed by atoms with E-state index in [9.17, 15) is 4.55 Å². The van der Waals surface area contributed by atoms with Crippen LogP contribution in [0.25, 0.3) is 21.9 Å². The number of hydrogen-bond acceptors (Lipinski definition) is 4. The summed E-state index contributed by atoms with van der Waals surface area (Å²) in [6.45, 7) is 0. The molecule has 4 rings (SSSR count). The van der Waals surface area contributed by atoms with Gasteiger partial charge in [0.05, 0.1) is 17.4 Å². The van der Waals surface area contributed by atoms with Gasteiger partial charge in [0.2, 0.25) is 0 Å². The van der Waals surface area contributed by atoms with Crippen LogP contribution in [0.2, 0.25) is 0 Å². The molecule has 0 saturated heterocycles. The van der Waals surface area contributed by atoms with E-state index in [0.717, 1.165) is 21.9 Å². The first-order valence-corrected chi connectivity index (χ1v) is 7.75. The monoisotopic (exact) mass is 272 g/mol. The van der Waals surface area contributed by atoms with Crippen molar-refractivity contribution in [2.75, 3.05) is 6.26 Å². The lowest BCUT2D eigenvalue weighted by atomic mass is 10.2. The lowest BCUT2D eigenvalue weighted by molar-refractivity contribution is 0.593. The standard InChI is InChI=1S/C13H12N4OS/c1-19(18)13-14-6-8-2-5-10-12(11(8)16-13)17(7-15-10)9-3-4-9/h2,5-7,9H,3-4H2,1H3. The van der Waals surface area contributed by atoms with Crippen LogP contribution in [0, 0.1) is 0 Å². The van der Waals surface area contributed by atoms with Gasteiger partial charge in [0, 0.05) is 28.8 Å². The van der Waals surface area contributed by atoms with Gasteiger partial charge >= 0.3 is 5.16 Å². The second kappa shape index (κ2) is 3.91. The minimum Gasteiger partial charge on any atom is -0.609 e. The van der Waals surface area contributed by atoms with Gasteiger partial charge in [-0.25, -0.2) is 4.98 Å². The number of imidazole rings is 1. The fourth-order valence-electron chi connectivity index (χ4n) is 2.36. The van der Waals surface area contributed by atoms with Crippen molar-refractivity contribution >= 4 is 33.1 Å². The summed E-state index contributed by atoms with van der Waals surface area (Å²) >= 11 is -1.17. The van der Waals surface area contributed by atoms with Gasteiger partial charge in [0.25, 0.3) is 0 Å². The molecule has 0 amide bonds. The summed E-state index contributed by atoms with van der Waals surface area (Å²) in [5.41, 5.74) is 2.82. The van der Waals surface area contributed by atoms with Gasteiger partial charge < -0.3 is 9.12 Å². The molecule has 1 atom stereocenters. The molecule has 0 bridgehead atoms. The van der Waals surface area contributed by atoms with Crippen molar-refractivity contribution in [1.29, 1.82) is 0 Å². The molecule has 1 fully saturated rings. The zero-order chi connectivity index (χ0) is 13.0. The van der Waals surface area contributed by atoms with E-state index in [-0.39, 0.29) is 0 Å². The van der Waals surface area contributed by atoms with E-state index in [2.05, 4.69) is 19.5 Å². The maximum atomic E-state index is 11.6. The first kappa shape index (κ1) is 11.2. The molecule has 1 aromatic carbocycles. The first-order chi connectivity index (χ1) is 9.24. The number of rotatable bonds is 2. The smallest absolute Gasteiger partial charge is 0.343 e. The quantitative estimate of drug-likeness (QED) is 0.529. The lowest BCUT2D eigenvalue weighted by Crippen LogP contribution is -2.04. The van der Waals surface area contributed by atoms with E-state index in [0.29, 0.717) is 11.2 Å². The molecule has 1 unspecified atom stereocenters. The molecule has 2 aromatic heterocycles. The molecule has 2 heterocycles. The van der Waals surface area contributed by atoms with E-state index in [4.69, 9.17) is 0 Å². The SMILES string of the molecule is C[S+]([O-])c1ncc2ccc3ncn(C4CC4)c3c2n1. The van der Waals surface area contributed by atoms with Crippen molar-refractivity contribution in [2.24, 2.45) is 0 Å². The lowest BCUT2D eigenvalue weighted by Gasteiger charge is -2.06. The fraction of sp³-hybridized carbons (Fsp3) is 0.308. The molecule has 5 nitrogen and oxygen atoms in total.